The molecule has 1 saturated heterocycles. The zero-order valence-electron chi connectivity index (χ0n) is 12.3. The molecule has 23 heavy (non-hydrogen) atoms. The molecule has 0 unspecified atom stereocenters. The van der Waals surface area contributed by atoms with Crippen LogP contribution in [0.4, 0.5) is 0 Å². The Kier molecular flexibility index (Phi) is 5.85. The zero-order chi connectivity index (χ0) is 17.0. The molecule has 1 aliphatic heterocycles. The number of nitrogens with two attached hydrogens (primary N) is 1. The van der Waals surface area contributed by atoms with Gasteiger partial charge in [-0.15, -0.1) is 0 Å². The molecule has 8 heteroatoms. The average Bonchev–Trinajstić information content (AvgIpc) is 2.54. The van der Waals surface area contributed by atoms with Gasteiger partial charge in [-0.2, -0.15) is 0 Å². The van der Waals surface area contributed by atoms with Crippen molar-refractivity contribution in [2.45, 2.75) is 12.8 Å². The highest BCUT2D eigenvalue weighted by molar-refractivity contribution is 6.42. The molecule has 1 aliphatic rings. The first-order valence-electron chi connectivity index (χ1n) is 7.07. The van der Waals surface area contributed by atoms with Gasteiger partial charge in [-0.3, -0.25) is 9.59 Å². The minimum atomic E-state index is -0.649. The van der Waals surface area contributed by atoms with E-state index >= 15 is 0 Å². The Hall–Kier alpha value is -1.79. The molecule has 124 valence electrons. The lowest BCUT2D eigenvalue weighted by molar-refractivity contribution is -0.137. The third kappa shape index (κ3) is 4.59. The molecule has 2 N–H and O–H groups in total. The predicted octanol–water partition coefficient (Wildman–Crippen LogP) is 1.87. The molecule has 1 fully saturated rings. The lowest BCUT2D eigenvalue weighted by Crippen LogP contribution is -2.43. The number of likely N-dealkylation sites (tertiary alicyclic amines) is 1. The fourth-order valence-electron chi connectivity index (χ4n) is 2.34. The number of piperidine rings is 1. The number of hydrogen-bond acceptors (Lipinski definition) is 4. The highest BCUT2D eigenvalue weighted by Crippen LogP contribution is 2.23. The van der Waals surface area contributed by atoms with Crippen molar-refractivity contribution in [2.75, 3.05) is 19.7 Å². The Bertz CT molecular complexity index is 628. The van der Waals surface area contributed by atoms with E-state index in [0.29, 0.717) is 31.0 Å². The topological polar surface area (TPSA) is 89.7 Å². The number of esters is 1. The summed E-state index contributed by atoms with van der Waals surface area (Å²) in [6.07, 6.45) is 1.06. The van der Waals surface area contributed by atoms with Gasteiger partial charge in [-0.1, -0.05) is 23.2 Å². The van der Waals surface area contributed by atoms with E-state index in [4.69, 9.17) is 33.7 Å². The average molecular weight is 359 g/mol. The predicted molar refractivity (Wildman–Crippen MR) is 85.2 cm³/mol. The molecular weight excluding hydrogens is 343 g/mol. The Morgan fingerprint density at radius 2 is 1.83 bits per heavy atom. The van der Waals surface area contributed by atoms with Crippen LogP contribution in [0, 0.1) is 5.92 Å². The first-order chi connectivity index (χ1) is 10.9. The molecule has 0 atom stereocenters. The molecule has 0 saturated carbocycles. The normalized spacial score (nSPS) is 15.3. The highest BCUT2D eigenvalue weighted by Gasteiger charge is 2.26. The van der Waals surface area contributed by atoms with Crippen molar-refractivity contribution >= 4 is 41.0 Å². The summed E-state index contributed by atoms with van der Waals surface area (Å²) < 4.78 is 4.99. The number of carbonyl (C=O) groups excluding carboxylic acids is 3. The summed E-state index contributed by atoms with van der Waals surface area (Å²) in [6.45, 7) is 0.494. The second-order valence-corrected chi connectivity index (χ2v) is 6.08. The van der Waals surface area contributed by atoms with Gasteiger partial charge in [-0.25, -0.2) is 4.79 Å². The van der Waals surface area contributed by atoms with Crippen LogP contribution in [0.5, 0.6) is 0 Å². The van der Waals surface area contributed by atoms with Gasteiger partial charge in [0, 0.05) is 19.0 Å². The summed E-state index contributed by atoms with van der Waals surface area (Å²) in [5.74, 6) is -1.49. The number of carbonyl (C=O) groups is 3. The fraction of sp³-hybridized carbons (Fsp3) is 0.400. The summed E-state index contributed by atoms with van der Waals surface area (Å²) in [4.78, 5) is 36.5. The van der Waals surface area contributed by atoms with Crippen LogP contribution in [0.2, 0.25) is 10.0 Å². The number of rotatable bonds is 4. The van der Waals surface area contributed by atoms with Gasteiger partial charge < -0.3 is 15.4 Å². The van der Waals surface area contributed by atoms with Gasteiger partial charge in [0.1, 0.15) is 0 Å². The number of ether oxygens (including phenoxy) is 1. The maximum Gasteiger partial charge on any atom is 0.338 e. The van der Waals surface area contributed by atoms with Crippen LogP contribution in [0.3, 0.4) is 0 Å². The molecular formula is C15H16Cl2N2O4. The van der Waals surface area contributed by atoms with E-state index < -0.39 is 5.97 Å². The van der Waals surface area contributed by atoms with Crippen molar-refractivity contribution in [1.82, 2.24) is 4.90 Å². The van der Waals surface area contributed by atoms with Crippen LogP contribution in [-0.4, -0.2) is 42.4 Å². The summed E-state index contributed by atoms with van der Waals surface area (Å²) in [7, 11) is 0. The van der Waals surface area contributed by atoms with Crippen molar-refractivity contribution in [2.24, 2.45) is 11.7 Å². The number of halogens is 2. The molecule has 2 rings (SSSR count). The van der Waals surface area contributed by atoms with Crippen LogP contribution < -0.4 is 5.73 Å². The first-order valence-corrected chi connectivity index (χ1v) is 7.83. The minimum absolute atomic E-state index is 0.196. The molecule has 0 bridgehead atoms. The molecule has 1 aromatic carbocycles. The number of hydrogen-bond donors (Lipinski definition) is 1. The van der Waals surface area contributed by atoms with Crippen LogP contribution in [0.1, 0.15) is 23.2 Å². The van der Waals surface area contributed by atoms with Gasteiger partial charge in [0.25, 0.3) is 5.91 Å². The minimum Gasteiger partial charge on any atom is -0.452 e. The van der Waals surface area contributed by atoms with Gasteiger partial charge in [0.2, 0.25) is 5.91 Å². The summed E-state index contributed by atoms with van der Waals surface area (Å²) in [5.41, 5.74) is 5.46. The second-order valence-electron chi connectivity index (χ2n) is 5.26. The van der Waals surface area contributed by atoms with E-state index in [1.807, 2.05) is 0 Å². The van der Waals surface area contributed by atoms with Crippen molar-refractivity contribution in [3.63, 3.8) is 0 Å². The van der Waals surface area contributed by atoms with E-state index in [-0.39, 0.29) is 34.9 Å². The standard InChI is InChI=1S/C15H16Cl2N2O4/c16-11-2-1-10(7-12(11)17)15(22)23-8-13(20)19-5-3-9(4-6-19)14(18)21/h1-2,7,9H,3-6,8H2,(H2,18,21). The molecule has 0 aromatic heterocycles. The maximum atomic E-state index is 12.0. The number of primary amides is 1. The third-order valence-electron chi connectivity index (χ3n) is 3.73. The SMILES string of the molecule is NC(=O)C1CCN(C(=O)COC(=O)c2ccc(Cl)c(Cl)c2)CC1. The van der Waals surface area contributed by atoms with Crippen molar-refractivity contribution in [3.8, 4) is 0 Å². The summed E-state index contributed by atoms with van der Waals surface area (Å²) in [6, 6.07) is 4.34. The van der Waals surface area contributed by atoms with Crippen molar-refractivity contribution < 1.29 is 19.1 Å². The third-order valence-corrected chi connectivity index (χ3v) is 4.47. The quantitative estimate of drug-likeness (QED) is 0.832. The number of amides is 2. The Morgan fingerprint density at radius 1 is 1.17 bits per heavy atom. The van der Waals surface area contributed by atoms with Crippen LogP contribution in [-0.2, 0) is 14.3 Å². The first kappa shape index (κ1) is 17.6. The number of benzene rings is 1. The Balaban J connectivity index is 1.83. The number of nitrogens with zero attached hydrogens (tertiary/aromatic N) is 1. The molecule has 1 aromatic rings. The Morgan fingerprint density at radius 3 is 2.39 bits per heavy atom. The van der Waals surface area contributed by atoms with Crippen LogP contribution >= 0.6 is 23.2 Å². The lowest BCUT2D eigenvalue weighted by atomic mass is 9.96. The summed E-state index contributed by atoms with van der Waals surface area (Å²) in [5, 5.41) is 0.567. The molecule has 1 heterocycles. The second kappa shape index (κ2) is 7.66. The molecule has 0 radical (unpaired) electrons. The van der Waals surface area contributed by atoms with E-state index in [2.05, 4.69) is 0 Å². The van der Waals surface area contributed by atoms with E-state index in [1.165, 1.54) is 18.2 Å². The van der Waals surface area contributed by atoms with Gasteiger partial charge in [0.05, 0.1) is 15.6 Å². The molecule has 0 aliphatic carbocycles. The maximum absolute atomic E-state index is 12.0. The molecule has 6 nitrogen and oxygen atoms in total. The van der Waals surface area contributed by atoms with Gasteiger partial charge >= 0.3 is 5.97 Å². The molecule has 2 amide bonds. The largest absolute Gasteiger partial charge is 0.452 e. The monoisotopic (exact) mass is 358 g/mol. The van der Waals surface area contributed by atoms with Crippen molar-refractivity contribution in [1.29, 1.82) is 0 Å². The highest BCUT2D eigenvalue weighted by atomic mass is 35.5. The van der Waals surface area contributed by atoms with Gasteiger partial charge in [0.15, 0.2) is 6.61 Å². The lowest BCUT2D eigenvalue weighted by Gasteiger charge is -2.30. The molecule has 0 spiro atoms. The summed E-state index contributed by atoms with van der Waals surface area (Å²) >= 11 is 11.6. The van der Waals surface area contributed by atoms with Crippen LogP contribution in [0.15, 0.2) is 18.2 Å². The van der Waals surface area contributed by atoms with Crippen molar-refractivity contribution in [3.05, 3.63) is 33.8 Å². The van der Waals surface area contributed by atoms with Crippen LogP contribution in [0.25, 0.3) is 0 Å². The van der Waals surface area contributed by atoms with E-state index in [0.717, 1.165) is 0 Å². The van der Waals surface area contributed by atoms with E-state index in [1.54, 1.807) is 4.90 Å². The van der Waals surface area contributed by atoms with E-state index in [9.17, 15) is 14.4 Å². The fourth-order valence-corrected chi connectivity index (χ4v) is 2.64. The van der Waals surface area contributed by atoms with Gasteiger partial charge in [-0.05, 0) is 31.0 Å². The Labute approximate surface area is 143 Å². The smallest absolute Gasteiger partial charge is 0.338 e. The zero-order valence-corrected chi connectivity index (χ0v) is 13.8.